The minimum absolute atomic E-state index is 0.0462. The molecule has 2 spiro atoms. The summed E-state index contributed by atoms with van der Waals surface area (Å²) in [6.45, 7) is 0. The third-order valence-corrected chi connectivity index (χ3v) is 17.6. The van der Waals surface area contributed by atoms with Gasteiger partial charge in [0.05, 0.1) is 11.0 Å². The summed E-state index contributed by atoms with van der Waals surface area (Å²) in [5, 5.41) is 2.74. The summed E-state index contributed by atoms with van der Waals surface area (Å²) in [7, 11) is 2.20. The van der Waals surface area contributed by atoms with E-state index >= 15 is 0 Å². The van der Waals surface area contributed by atoms with Crippen LogP contribution in [0.1, 0.15) is 85.4 Å². The van der Waals surface area contributed by atoms with Gasteiger partial charge in [-0.1, -0.05) is 157 Å². The first-order chi connectivity index (χ1) is 30.7. The molecule has 5 aromatic carbocycles. The number of allylic oxidation sites excluding steroid dienone is 10. The molecule has 8 aliphatic carbocycles. The Morgan fingerprint density at radius 3 is 2.13 bits per heavy atom. The third-order valence-electron chi connectivity index (χ3n) is 17.6. The van der Waals surface area contributed by atoms with Crippen LogP contribution in [0.5, 0.6) is 0 Å². The van der Waals surface area contributed by atoms with Gasteiger partial charge < -0.3 is 4.57 Å². The van der Waals surface area contributed by atoms with Gasteiger partial charge in [-0.25, -0.2) is 4.98 Å². The van der Waals surface area contributed by atoms with Gasteiger partial charge in [0.2, 0.25) is 0 Å². The molecule has 0 radical (unpaired) electrons. The predicted octanol–water partition coefficient (Wildman–Crippen LogP) is 12.1. The monoisotopic (exact) mass is 800 g/mol. The molecule has 1 heterocycles. The van der Waals surface area contributed by atoms with Crippen LogP contribution in [0.4, 0.5) is 0 Å². The first-order valence-corrected chi connectivity index (χ1v) is 23.7. The molecule has 8 aliphatic rings. The van der Waals surface area contributed by atoms with E-state index in [9.17, 15) is 0 Å². The number of fused-ring (bicyclic) bond motifs is 19. The molecule has 302 valence electrons. The van der Waals surface area contributed by atoms with Crippen molar-refractivity contribution in [1.29, 1.82) is 0 Å². The van der Waals surface area contributed by atoms with E-state index in [1.165, 1.54) is 63.9 Å². The summed E-state index contributed by atoms with van der Waals surface area (Å²) in [6.07, 6.45) is 27.4. The van der Waals surface area contributed by atoms with Crippen LogP contribution in [0.15, 0.2) is 181 Å². The quantitative estimate of drug-likeness (QED) is 0.160. The van der Waals surface area contributed by atoms with Crippen LogP contribution in [-0.2, 0) is 17.9 Å². The van der Waals surface area contributed by atoms with E-state index in [0.29, 0.717) is 29.6 Å². The van der Waals surface area contributed by atoms with Crippen molar-refractivity contribution in [3.05, 3.63) is 219 Å². The molecule has 0 amide bonds. The number of aromatic nitrogens is 2. The van der Waals surface area contributed by atoms with Crippen molar-refractivity contribution in [3.63, 3.8) is 0 Å². The van der Waals surface area contributed by atoms with Crippen LogP contribution in [0, 0.1) is 29.6 Å². The van der Waals surface area contributed by atoms with Gasteiger partial charge in [-0.2, -0.15) is 0 Å². The van der Waals surface area contributed by atoms with Gasteiger partial charge in [0.25, 0.3) is 0 Å². The summed E-state index contributed by atoms with van der Waals surface area (Å²) in [5.41, 5.74) is 19.3. The lowest BCUT2D eigenvalue weighted by atomic mass is 9.37. The highest BCUT2D eigenvalue weighted by Gasteiger charge is 2.70. The Morgan fingerprint density at radius 1 is 0.629 bits per heavy atom. The summed E-state index contributed by atoms with van der Waals surface area (Å²) in [4.78, 5) is 5.37. The first kappa shape index (κ1) is 35.6. The SMILES string of the molecule is Cn1c(C2=c3ccccc3=C(C3=CC4C(CC3)C3(c5ccccc5-c5ccccc53)C3CC=CCC3C43C4=CCCCC4c4ccccc43)C3CC=CC=C23)nc2ccccc21. The zero-order valence-corrected chi connectivity index (χ0v) is 35.6. The Morgan fingerprint density at radius 2 is 1.32 bits per heavy atom. The summed E-state index contributed by atoms with van der Waals surface area (Å²) < 4.78 is 2.33. The van der Waals surface area contributed by atoms with Crippen molar-refractivity contribution in [2.75, 3.05) is 0 Å². The molecular formula is C60H52N2. The lowest BCUT2D eigenvalue weighted by molar-refractivity contribution is -0.0211. The minimum Gasteiger partial charge on any atom is -0.327 e. The second-order valence-electron chi connectivity index (χ2n) is 19.7. The standard InChI is InChI=1S/C60H52N2/c1-62-55-33-17-16-32-54(55)61-58(62)57-44-24-4-2-22-42(44)56(43-23-3-5-25-45(43)57)37-34-35-52-53(36-37)60(48-28-12-8-20-40(48)41-21-9-13-29-49(41)60)51-31-15-14-30-50(51)59(52)46-26-10-6-18-38(46)39-19-7-11-27-47(39)59/h2-8,10-12,14-20,22,24-29,32-33,36,41,43,50-53H,9,13,21,23,30-31,34-35H2,1H3. The van der Waals surface area contributed by atoms with Crippen molar-refractivity contribution in [3.8, 4) is 11.1 Å². The van der Waals surface area contributed by atoms with Crippen LogP contribution in [0.25, 0.3) is 33.3 Å². The molecule has 1 saturated carbocycles. The number of rotatable bonds is 2. The maximum absolute atomic E-state index is 5.37. The average molecular weight is 801 g/mol. The normalized spacial score (nSPS) is 29.1. The molecule has 0 aliphatic heterocycles. The zero-order valence-electron chi connectivity index (χ0n) is 35.6. The van der Waals surface area contributed by atoms with Crippen molar-refractivity contribution in [1.82, 2.24) is 9.55 Å². The molecule has 14 rings (SSSR count). The highest BCUT2D eigenvalue weighted by molar-refractivity contribution is 5.90. The maximum atomic E-state index is 5.37. The molecular weight excluding hydrogens is 749 g/mol. The largest absolute Gasteiger partial charge is 0.327 e. The second kappa shape index (κ2) is 13.0. The van der Waals surface area contributed by atoms with E-state index in [0.717, 1.165) is 37.0 Å². The average Bonchev–Trinajstić information content (AvgIpc) is 3.94. The van der Waals surface area contributed by atoms with E-state index in [1.54, 1.807) is 39.0 Å². The van der Waals surface area contributed by atoms with E-state index < -0.39 is 0 Å². The maximum Gasteiger partial charge on any atom is 0.141 e. The van der Waals surface area contributed by atoms with Gasteiger partial charge in [-0.3, -0.25) is 0 Å². The number of hydrogen-bond acceptors (Lipinski definition) is 1. The van der Waals surface area contributed by atoms with E-state index in [1.807, 2.05) is 0 Å². The van der Waals surface area contributed by atoms with Gasteiger partial charge >= 0.3 is 0 Å². The number of imidazole rings is 1. The summed E-state index contributed by atoms with van der Waals surface area (Å²) in [5.74, 6) is 3.68. The van der Waals surface area contributed by atoms with E-state index in [4.69, 9.17) is 4.98 Å². The third kappa shape index (κ3) is 4.34. The number of para-hydroxylation sites is 2. The Labute approximate surface area is 365 Å². The van der Waals surface area contributed by atoms with Crippen molar-refractivity contribution in [2.24, 2.45) is 36.6 Å². The minimum atomic E-state index is -0.0578. The first-order valence-electron chi connectivity index (χ1n) is 23.7. The van der Waals surface area contributed by atoms with E-state index in [-0.39, 0.29) is 16.7 Å². The summed E-state index contributed by atoms with van der Waals surface area (Å²) >= 11 is 0. The van der Waals surface area contributed by atoms with Crippen LogP contribution in [0.3, 0.4) is 0 Å². The molecule has 0 bridgehead atoms. The Balaban J connectivity index is 1.09. The van der Waals surface area contributed by atoms with E-state index in [2.05, 4.69) is 175 Å². The number of hydrogen-bond donors (Lipinski definition) is 0. The number of nitrogens with zero attached hydrogens (tertiary/aromatic N) is 2. The lowest BCUT2D eigenvalue weighted by Gasteiger charge is -2.65. The topological polar surface area (TPSA) is 17.8 Å². The summed E-state index contributed by atoms with van der Waals surface area (Å²) in [6, 6.07) is 47.2. The Bertz CT molecular complexity index is 3170. The molecule has 7 atom stereocenters. The fourth-order valence-corrected chi connectivity index (χ4v) is 15.8. The molecule has 1 aromatic heterocycles. The fraction of sp³-hybridized carbons (Fsp3) is 0.283. The van der Waals surface area contributed by atoms with Gasteiger partial charge in [0.1, 0.15) is 5.82 Å². The number of benzene rings is 5. The Kier molecular flexibility index (Phi) is 7.47. The van der Waals surface area contributed by atoms with Gasteiger partial charge in [-0.05, 0) is 148 Å². The van der Waals surface area contributed by atoms with Crippen LogP contribution >= 0.6 is 0 Å². The molecule has 2 nitrogen and oxygen atoms in total. The smallest absolute Gasteiger partial charge is 0.141 e. The number of aryl methyl sites for hydroxylation is 1. The molecule has 6 aromatic rings. The molecule has 2 heteroatoms. The highest BCUT2D eigenvalue weighted by Crippen LogP contribution is 2.76. The van der Waals surface area contributed by atoms with Crippen molar-refractivity contribution in [2.45, 2.75) is 68.1 Å². The second-order valence-corrected chi connectivity index (χ2v) is 19.7. The van der Waals surface area contributed by atoms with Crippen molar-refractivity contribution >= 4 is 22.2 Å². The van der Waals surface area contributed by atoms with Gasteiger partial charge in [0, 0.05) is 35.3 Å². The van der Waals surface area contributed by atoms with Crippen LogP contribution in [-0.4, -0.2) is 9.55 Å². The molecule has 7 unspecified atom stereocenters. The van der Waals surface area contributed by atoms with Crippen LogP contribution < -0.4 is 10.4 Å². The Hall–Kier alpha value is -5.99. The van der Waals surface area contributed by atoms with Crippen LogP contribution in [0.2, 0.25) is 0 Å². The van der Waals surface area contributed by atoms with Crippen molar-refractivity contribution < 1.29 is 0 Å². The van der Waals surface area contributed by atoms with Gasteiger partial charge in [0.15, 0.2) is 0 Å². The highest BCUT2D eigenvalue weighted by atomic mass is 15.1. The molecule has 0 saturated heterocycles. The fourth-order valence-electron chi connectivity index (χ4n) is 15.8. The molecule has 1 fully saturated rings. The molecule has 62 heavy (non-hydrogen) atoms. The van der Waals surface area contributed by atoms with Gasteiger partial charge in [-0.15, -0.1) is 0 Å². The predicted molar refractivity (Wildman–Crippen MR) is 253 cm³/mol. The lowest BCUT2D eigenvalue weighted by Crippen LogP contribution is -2.63. The molecule has 0 N–H and O–H groups in total. The zero-order chi connectivity index (χ0) is 40.7.